The van der Waals surface area contributed by atoms with E-state index < -0.39 is 35.2 Å². The van der Waals surface area contributed by atoms with Gasteiger partial charge in [-0.15, -0.1) is 0 Å². The summed E-state index contributed by atoms with van der Waals surface area (Å²) in [7, 11) is 3.30. The van der Waals surface area contributed by atoms with Gasteiger partial charge in [0.05, 0.1) is 27.4 Å². The summed E-state index contributed by atoms with van der Waals surface area (Å²) in [6.07, 6.45) is 0.703. The van der Waals surface area contributed by atoms with Crippen molar-refractivity contribution >= 4 is 29.2 Å². The van der Waals surface area contributed by atoms with Crippen LogP contribution in [0.5, 0.6) is 11.5 Å². The number of amides is 1. The molecule has 2 fully saturated rings. The van der Waals surface area contributed by atoms with E-state index in [2.05, 4.69) is 19.6 Å². The van der Waals surface area contributed by atoms with Gasteiger partial charge < -0.3 is 38.4 Å². The highest BCUT2D eigenvalue weighted by molar-refractivity contribution is 5.95. The number of hydrogen-bond acceptors (Lipinski definition) is 12. The normalized spacial score (nSPS) is 17.7. The van der Waals surface area contributed by atoms with Crippen LogP contribution in [0.4, 0.5) is 11.4 Å². The third-order valence-corrected chi connectivity index (χ3v) is 11.0. The van der Waals surface area contributed by atoms with Crippen LogP contribution in [0.1, 0.15) is 63.0 Å². The van der Waals surface area contributed by atoms with Crippen molar-refractivity contribution in [3.05, 3.63) is 83.4 Å². The van der Waals surface area contributed by atoms with Crippen LogP contribution in [-0.4, -0.2) is 142 Å². The number of piperazine rings is 2. The number of carbonyl (C=O) groups is 3. The molecule has 0 aliphatic carbocycles. The molecule has 3 aromatic carbocycles. The van der Waals surface area contributed by atoms with Crippen molar-refractivity contribution in [1.29, 1.82) is 0 Å². The van der Waals surface area contributed by atoms with Gasteiger partial charge in [0.25, 0.3) is 5.91 Å². The van der Waals surface area contributed by atoms with Crippen molar-refractivity contribution in [2.24, 2.45) is 0 Å². The molecule has 59 heavy (non-hydrogen) atoms. The first-order valence-electron chi connectivity index (χ1n) is 20.8. The minimum atomic E-state index is -0.784. The van der Waals surface area contributed by atoms with Crippen LogP contribution in [0.25, 0.3) is 0 Å². The molecule has 0 bridgehead atoms. The number of fused-ring (bicyclic) bond motifs is 1. The maximum atomic E-state index is 15.0. The standard InChI is InChI=1S/C46H63N5O8/c1-45(2,3)58-43(53)40(49-24-20-47(21-25-49)36-11-15-38(55-7)16-12-36)30-51(42(52)34-9-10-35-32-57-28-19-33(35)29-34)31-41(44(54)59-46(4,5)6)50-26-22-48(23-27-50)37-13-17-39(56-8)18-14-37/h9-18,29,40-41H,19-28,30-32H2,1-8H3. The SMILES string of the molecule is COc1ccc(N2CCN(C(CN(CC(C(=O)OC(C)(C)C)N3CCN(c4ccc(OC)cc4)CC3)C(=O)c3ccc4c(c3)CCOC4)C(=O)OC(C)(C)C)CC2)cc1. The largest absolute Gasteiger partial charge is 0.497 e. The Morgan fingerprint density at radius 2 is 1.07 bits per heavy atom. The molecule has 13 nitrogen and oxygen atoms in total. The van der Waals surface area contributed by atoms with Crippen molar-refractivity contribution in [2.45, 2.75) is 77.9 Å². The molecule has 3 aliphatic rings. The predicted molar refractivity (Wildman–Crippen MR) is 229 cm³/mol. The van der Waals surface area contributed by atoms with Crippen LogP contribution < -0.4 is 19.3 Å². The number of ether oxygens (including phenoxy) is 5. The molecule has 6 rings (SSSR count). The zero-order chi connectivity index (χ0) is 42.3. The minimum absolute atomic E-state index is 0.0294. The van der Waals surface area contributed by atoms with Gasteiger partial charge >= 0.3 is 11.9 Å². The van der Waals surface area contributed by atoms with Gasteiger partial charge in [0.2, 0.25) is 0 Å². The van der Waals surface area contributed by atoms with Crippen LogP contribution >= 0.6 is 0 Å². The zero-order valence-corrected chi connectivity index (χ0v) is 36.2. The topological polar surface area (TPSA) is 114 Å². The summed E-state index contributed by atoms with van der Waals surface area (Å²) in [5, 5.41) is 0. The summed E-state index contributed by atoms with van der Waals surface area (Å²) in [5.41, 5.74) is 3.27. The number of methoxy groups -OCH3 is 2. The second kappa shape index (κ2) is 19.0. The highest BCUT2D eigenvalue weighted by atomic mass is 16.6. The van der Waals surface area contributed by atoms with E-state index in [0.717, 1.165) is 34.0 Å². The van der Waals surface area contributed by atoms with Gasteiger partial charge in [0.15, 0.2) is 0 Å². The predicted octanol–water partition coefficient (Wildman–Crippen LogP) is 5.28. The molecule has 0 aromatic heterocycles. The Bertz CT molecular complexity index is 1770. The zero-order valence-electron chi connectivity index (χ0n) is 36.2. The fraction of sp³-hybridized carbons (Fsp3) is 0.543. The van der Waals surface area contributed by atoms with E-state index >= 15 is 0 Å². The molecule has 0 saturated carbocycles. The third kappa shape index (κ3) is 11.7. The lowest BCUT2D eigenvalue weighted by atomic mass is 9.99. The Hall–Kier alpha value is -4.85. The Morgan fingerprint density at radius 1 is 0.627 bits per heavy atom. The van der Waals surface area contributed by atoms with Crippen LogP contribution in [0.3, 0.4) is 0 Å². The Kier molecular flexibility index (Phi) is 14.1. The van der Waals surface area contributed by atoms with Crippen molar-refractivity contribution < 1.29 is 38.1 Å². The van der Waals surface area contributed by atoms with Gasteiger partial charge in [-0.1, -0.05) is 6.07 Å². The van der Waals surface area contributed by atoms with E-state index in [4.69, 9.17) is 23.7 Å². The highest BCUT2D eigenvalue weighted by Gasteiger charge is 2.40. The number of nitrogens with zero attached hydrogens (tertiary/aromatic N) is 5. The number of rotatable bonds is 13. The Labute approximate surface area is 350 Å². The van der Waals surface area contributed by atoms with Crippen LogP contribution in [0.15, 0.2) is 66.7 Å². The van der Waals surface area contributed by atoms with Gasteiger partial charge in [-0.3, -0.25) is 24.2 Å². The lowest BCUT2D eigenvalue weighted by Gasteiger charge is -2.43. The second-order valence-corrected chi connectivity index (χ2v) is 17.5. The lowest BCUT2D eigenvalue weighted by Crippen LogP contribution is -2.61. The first-order valence-corrected chi connectivity index (χ1v) is 20.8. The summed E-state index contributed by atoms with van der Waals surface area (Å²) in [5.74, 6) is 0.516. The maximum absolute atomic E-state index is 15.0. The van der Waals surface area contributed by atoms with Gasteiger partial charge in [0.1, 0.15) is 34.8 Å². The van der Waals surface area contributed by atoms with Crippen LogP contribution in [-0.2, 0) is 36.8 Å². The van der Waals surface area contributed by atoms with Gasteiger partial charge in [-0.2, -0.15) is 0 Å². The first-order chi connectivity index (χ1) is 28.1. The van der Waals surface area contributed by atoms with Crippen molar-refractivity contribution in [1.82, 2.24) is 14.7 Å². The minimum Gasteiger partial charge on any atom is -0.497 e. The fourth-order valence-corrected chi connectivity index (χ4v) is 7.92. The van der Waals surface area contributed by atoms with E-state index in [0.29, 0.717) is 77.6 Å². The fourth-order valence-electron chi connectivity index (χ4n) is 7.92. The molecule has 320 valence electrons. The first kappa shape index (κ1) is 43.7. The van der Waals surface area contributed by atoms with E-state index in [1.807, 2.05) is 108 Å². The summed E-state index contributed by atoms with van der Waals surface area (Å²) in [4.78, 5) is 54.1. The molecule has 0 radical (unpaired) electrons. The quantitative estimate of drug-likeness (QED) is 0.209. The molecule has 1 amide bonds. The van der Waals surface area contributed by atoms with Crippen molar-refractivity contribution in [3.8, 4) is 11.5 Å². The highest BCUT2D eigenvalue weighted by Crippen LogP contribution is 2.26. The number of carbonyl (C=O) groups excluding carboxylic acids is 3. The van der Waals surface area contributed by atoms with E-state index in [1.165, 1.54) is 0 Å². The molecular weight excluding hydrogens is 751 g/mol. The summed E-state index contributed by atoms with van der Waals surface area (Å²) in [6, 6.07) is 20.1. The molecule has 2 atom stereocenters. The number of benzene rings is 3. The van der Waals surface area contributed by atoms with Gasteiger partial charge in [0, 0.05) is 82.4 Å². The Morgan fingerprint density at radius 3 is 1.47 bits per heavy atom. The molecule has 3 aliphatic heterocycles. The maximum Gasteiger partial charge on any atom is 0.325 e. The molecule has 0 N–H and O–H groups in total. The van der Waals surface area contributed by atoms with Crippen molar-refractivity contribution in [2.75, 3.05) is 96.1 Å². The second-order valence-electron chi connectivity index (χ2n) is 17.5. The van der Waals surface area contributed by atoms with E-state index in [9.17, 15) is 14.4 Å². The molecule has 0 spiro atoms. The van der Waals surface area contributed by atoms with Gasteiger partial charge in [-0.25, -0.2) is 0 Å². The average Bonchev–Trinajstić information content (AvgIpc) is 3.22. The summed E-state index contributed by atoms with van der Waals surface area (Å²) >= 11 is 0. The number of anilines is 2. The molecule has 3 aromatic rings. The molecule has 2 unspecified atom stereocenters. The summed E-state index contributed by atoms with van der Waals surface area (Å²) < 4.78 is 28.6. The Balaban J connectivity index is 1.30. The third-order valence-electron chi connectivity index (χ3n) is 11.0. The average molecular weight is 814 g/mol. The van der Waals surface area contributed by atoms with Gasteiger partial charge in [-0.05, 0) is 120 Å². The smallest absolute Gasteiger partial charge is 0.325 e. The summed E-state index contributed by atoms with van der Waals surface area (Å²) in [6.45, 7) is 17.2. The molecule has 13 heteroatoms. The van der Waals surface area contributed by atoms with Crippen LogP contribution in [0.2, 0.25) is 0 Å². The molecule has 2 saturated heterocycles. The molecular formula is C46H63N5O8. The molecule has 3 heterocycles. The number of esters is 2. The van der Waals surface area contributed by atoms with Crippen molar-refractivity contribution in [3.63, 3.8) is 0 Å². The monoisotopic (exact) mass is 813 g/mol. The lowest BCUT2D eigenvalue weighted by molar-refractivity contribution is -0.163. The van der Waals surface area contributed by atoms with E-state index in [1.54, 1.807) is 19.1 Å². The van der Waals surface area contributed by atoms with Crippen LogP contribution in [0, 0.1) is 0 Å². The van der Waals surface area contributed by atoms with E-state index in [-0.39, 0.29) is 19.0 Å². The number of hydrogen-bond donors (Lipinski definition) is 0.